The second kappa shape index (κ2) is 14.5. The van der Waals surface area contributed by atoms with E-state index >= 15 is 0 Å². The molecular weight excluding hydrogens is 703 g/mol. The number of phenolic OH excluding ortho intramolecular Hbond substituents is 4. The molecule has 9 aromatic rings. The van der Waals surface area contributed by atoms with Crippen molar-refractivity contribution in [2.75, 3.05) is 0 Å². The lowest BCUT2D eigenvalue weighted by atomic mass is 9.86. The van der Waals surface area contributed by atoms with Gasteiger partial charge in [0.25, 0.3) is 0 Å². The van der Waals surface area contributed by atoms with E-state index in [1.54, 1.807) is 0 Å². The van der Waals surface area contributed by atoms with E-state index in [-0.39, 0.29) is 34.1 Å². The van der Waals surface area contributed by atoms with E-state index < -0.39 is 0 Å². The molecule has 9 rings (SSSR count). The lowest BCUT2D eigenvalue weighted by Gasteiger charge is -2.21. The maximum Gasteiger partial charge on any atom is 0.134 e. The third kappa shape index (κ3) is 6.41. The van der Waals surface area contributed by atoms with Crippen LogP contribution in [0.3, 0.4) is 0 Å². The first-order valence-corrected chi connectivity index (χ1v) is 18.8. The van der Waals surface area contributed by atoms with Crippen LogP contribution in [0.5, 0.6) is 23.0 Å². The second-order valence-corrected chi connectivity index (χ2v) is 14.2. The molecule has 0 aliphatic rings. The highest BCUT2D eigenvalue weighted by molar-refractivity contribution is 6.01. The van der Waals surface area contributed by atoms with Crippen LogP contribution >= 0.6 is 0 Å². The lowest BCUT2D eigenvalue weighted by molar-refractivity contribution is 0.456. The predicted molar refractivity (Wildman–Crippen MR) is 231 cm³/mol. The van der Waals surface area contributed by atoms with Crippen molar-refractivity contribution in [3.63, 3.8) is 0 Å². The number of fused-ring (bicyclic) bond motifs is 1. The summed E-state index contributed by atoms with van der Waals surface area (Å²) in [5.74, 6) is -0.427. The van der Waals surface area contributed by atoms with E-state index in [0.29, 0.717) is 38.9 Å². The third-order valence-corrected chi connectivity index (χ3v) is 10.6. The van der Waals surface area contributed by atoms with Crippen molar-refractivity contribution < 1.29 is 20.4 Å². The summed E-state index contributed by atoms with van der Waals surface area (Å²) in [5.41, 5.74) is 9.78. The van der Waals surface area contributed by atoms with Gasteiger partial charge in [-0.15, -0.1) is 0 Å². The summed E-state index contributed by atoms with van der Waals surface area (Å²) in [4.78, 5) is 4.94. The Balaban J connectivity index is 1.40. The van der Waals surface area contributed by atoms with Gasteiger partial charge in [0.2, 0.25) is 0 Å². The van der Waals surface area contributed by atoms with Crippen LogP contribution in [0.25, 0.3) is 88.8 Å². The number of pyridine rings is 1. The Morgan fingerprint density at radius 1 is 0.316 bits per heavy atom. The Hall–Kier alpha value is -7.63. The SMILES string of the molecule is Cc1ccc2cccc(-c3cc(-c4c(O)c(-c5ccccc5)cc(-c5ccccc5)c4O)cc(-c4c(O)c(-c5ccccc5)cc(-c5ccccc5)c4O)c3)c2n1. The van der Waals surface area contributed by atoms with Crippen LogP contribution in [0.2, 0.25) is 0 Å². The summed E-state index contributed by atoms with van der Waals surface area (Å²) in [6.45, 7) is 1.95. The highest BCUT2D eigenvalue weighted by Gasteiger charge is 2.26. The van der Waals surface area contributed by atoms with Crippen molar-refractivity contribution in [3.05, 3.63) is 188 Å². The molecule has 0 fully saturated rings. The standard InChI is InChI=1S/C52H37NO4/c1-32-25-26-37-23-14-24-41(48(37)53-32)38-27-39(46-49(54)42(33-15-6-2-7-16-33)30-43(50(46)55)34-17-8-3-9-18-34)29-40(28-38)47-51(56)44(35-19-10-4-11-20-35)31-45(52(47)57)36-21-12-5-13-22-36/h2-31,54-57H,1H3. The molecule has 5 heteroatoms. The molecule has 8 aromatic carbocycles. The molecule has 0 aliphatic carbocycles. The molecule has 0 saturated heterocycles. The zero-order valence-corrected chi connectivity index (χ0v) is 31.1. The van der Waals surface area contributed by atoms with Gasteiger partial charge in [-0.3, -0.25) is 4.98 Å². The minimum absolute atomic E-state index is 0.107. The quantitative estimate of drug-likeness (QED) is 0.131. The van der Waals surface area contributed by atoms with Crippen LogP contribution < -0.4 is 0 Å². The molecule has 1 heterocycles. The van der Waals surface area contributed by atoms with Crippen LogP contribution in [0.15, 0.2) is 182 Å². The number of benzene rings is 8. The van der Waals surface area contributed by atoms with Gasteiger partial charge >= 0.3 is 0 Å². The van der Waals surface area contributed by atoms with Crippen molar-refractivity contribution in [2.45, 2.75) is 6.92 Å². The van der Waals surface area contributed by atoms with Gasteiger partial charge in [0.05, 0.1) is 16.6 Å². The number of aromatic hydroxyl groups is 4. The number of rotatable bonds is 7. The summed E-state index contributed by atoms with van der Waals surface area (Å²) in [7, 11) is 0. The molecule has 5 nitrogen and oxygen atoms in total. The van der Waals surface area contributed by atoms with Gasteiger partial charge < -0.3 is 20.4 Å². The molecule has 0 aliphatic heterocycles. The zero-order valence-electron chi connectivity index (χ0n) is 31.1. The number of para-hydroxylation sites is 1. The number of aryl methyl sites for hydroxylation is 1. The Bertz CT molecular complexity index is 2640. The van der Waals surface area contributed by atoms with Gasteiger partial charge in [-0.25, -0.2) is 0 Å². The topological polar surface area (TPSA) is 93.8 Å². The average molecular weight is 740 g/mol. The molecule has 0 spiro atoms. The Morgan fingerprint density at radius 2 is 0.684 bits per heavy atom. The van der Waals surface area contributed by atoms with Gasteiger partial charge in [0.15, 0.2) is 0 Å². The Labute approximate surface area is 330 Å². The molecule has 274 valence electrons. The Kier molecular flexibility index (Phi) is 8.96. The van der Waals surface area contributed by atoms with Crippen LogP contribution in [0, 0.1) is 6.92 Å². The maximum atomic E-state index is 12.3. The summed E-state index contributed by atoms with van der Waals surface area (Å²) < 4.78 is 0. The summed E-state index contributed by atoms with van der Waals surface area (Å²) in [6, 6.07) is 57.6. The van der Waals surface area contributed by atoms with E-state index in [0.717, 1.165) is 44.4 Å². The number of hydrogen-bond acceptors (Lipinski definition) is 5. The Morgan fingerprint density at radius 3 is 1.07 bits per heavy atom. The summed E-state index contributed by atoms with van der Waals surface area (Å²) >= 11 is 0. The van der Waals surface area contributed by atoms with E-state index in [1.807, 2.05) is 189 Å². The second-order valence-electron chi connectivity index (χ2n) is 14.2. The first-order chi connectivity index (χ1) is 27.9. The van der Waals surface area contributed by atoms with Gasteiger partial charge in [-0.05, 0) is 82.3 Å². The van der Waals surface area contributed by atoms with Crippen molar-refractivity contribution in [1.82, 2.24) is 4.98 Å². The van der Waals surface area contributed by atoms with Crippen LogP contribution in [-0.2, 0) is 0 Å². The fourth-order valence-electron chi connectivity index (χ4n) is 7.77. The number of aromatic nitrogens is 1. The van der Waals surface area contributed by atoms with Crippen molar-refractivity contribution >= 4 is 10.9 Å². The molecule has 0 atom stereocenters. The molecule has 0 unspecified atom stereocenters. The molecule has 0 radical (unpaired) electrons. The van der Waals surface area contributed by atoms with Crippen LogP contribution in [0.4, 0.5) is 0 Å². The highest BCUT2D eigenvalue weighted by Crippen LogP contribution is 2.53. The zero-order chi connectivity index (χ0) is 39.0. The highest BCUT2D eigenvalue weighted by atomic mass is 16.3. The van der Waals surface area contributed by atoms with Gasteiger partial charge in [0.1, 0.15) is 23.0 Å². The van der Waals surface area contributed by atoms with Gasteiger partial charge in [-0.1, -0.05) is 146 Å². The predicted octanol–water partition coefficient (Wildman–Crippen LogP) is 13.0. The molecule has 1 aromatic heterocycles. The largest absolute Gasteiger partial charge is 0.507 e. The van der Waals surface area contributed by atoms with Gasteiger partial charge in [0, 0.05) is 38.9 Å². The molecule has 4 N–H and O–H groups in total. The average Bonchev–Trinajstić information content (AvgIpc) is 3.25. The monoisotopic (exact) mass is 739 g/mol. The minimum Gasteiger partial charge on any atom is -0.507 e. The fourth-order valence-corrected chi connectivity index (χ4v) is 7.77. The number of phenols is 4. The molecule has 57 heavy (non-hydrogen) atoms. The summed E-state index contributed by atoms with van der Waals surface area (Å²) in [5, 5.41) is 50.2. The summed E-state index contributed by atoms with van der Waals surface area (Å²) in [6.07, 6.45) is 0. The van der Waals surface area contributed by atoms with E-state index in [9.17, 15) is 20.4 Å². The van der Waals surface area contributed by atoms with Crippen molar-refractivity contribution in [1.29, 1.82) is 0 Å². The van der Waals surface area contributed by atoms with Crippen molar-refractivity contribution in [2.24, 2.45) is 0 Å². The smallest absolute Gasteiger partial charge is 0.134 e. The number of nitrogens with zero attached hydrogens (tertiary/aromatic N) is 1. The minimum atomic E-state index is -0.107. The first-order valence-electron chi connectivity index (χ1n) is 18.8. The van der Waals surface area contributed by atoms with Crippen molar-refractivity contribution in [3.8, 4) is 101 Å². The lowest BCUT2D eigenvalue weighted by Crippen LogP contribution is -1.94. The van der Waals surface area contributed by atoms with Gasteiger partial charge in [-0.2, -0.15) is 0 Å². The van der Waals surface area contributed by atoms with E-state index in [4.69, 9.17) is 4.98 Å². The van der Waals surface area contributed by atoms with Crippen LogP contribution in [0.1, 0.15) is 5.69 Å². The normalized spacial score (nSPS) is 11.2. The van der Waals surface area contributed by atoms with E-state index in [1.165, 1.54) is 0 Å². The molecular formula is C52H37NO4. The molecule has 0 bridgehead atoms. The first kappa shape index (κ1) is 35.1. The molecule has 0 saturated carbocycles. The number of hydrogen-bond donors (Lipinski definition) is 4. The molecule has 0 amide bonds. The fraction of sp³-hybridized carbons (Fsp3) is 0.0192. The van der Waals surface area contributed by atoms with E-state index in [2.05, 4.69) is 0 Å². The maximum absolute atomic E-state index is 12.3. The third-order valence-electron chi connectivity index (χ3n) is 10.6. The van der Waals surface area contributed by atoms with Crippen LogP contribution in [-0.4, -0.2) is 25.4 Å².